The predicted molar refractivity (Wildman–Crippen MR) is 102 cm³/mol. The highest BCUT2D eigenvalue weighted by Gasteiger charge is 2.16. The van der Waals surface area contributed by atoms with Crippen molar-refractivity contribution in [1.82, 2.24) is 4.98 Å². The summed E-state index contributed by atoms with van der Waals surface area (Å²) in [7, 11) is 0. The van der Waals surface area contributed by atoms with Crippen molar-refractivity contribution in [3.05, 3.63) is 84.8 Å². The van der Waals surface area contributed by atoms with Crippen LogP contribution < -0.4 is 5.32 Å². The number of anilines is 1. The molecule has 0 saturated carbocycles. The molecule has 3 aromatic rings. The number of nitrogens with zero attached hydrogens (tertiary/aromatic N) is 2. The van der Waals surface area contributed by atoms with Gasteiger partial charge < -0.3 is 0 Å². The van der Waals surface area contributed by atoms with Gasteiger partial charge in [0.2, 0.25) is 0 Å². The van der Waals surface area contributed by atoms with Crippen LogP contribution in [0.1, 0.15) is 20.8 Å². The molecule has 1 heterocycles. The van der Waals surface area contributed by atoms with Crippen molar-refractivity contribution >= 4 is 51.3 Å². The molecule has 0 spiro atoms. The zero-order valence-electron chi connectivity index (χ0n) is 13.1. The molecule has 1 aromatic heterocycles. The molecule has 3 rings (SSSR count). The van der Waals surface area contributed by atoms with Crippen LogP contribution in [0, 0.1) is 10.1 Å². The fourth-order valence-corrected chi connectivity index (χ4v) is 3.54. The normalized spacial score (nSPS) is 10.5. The van der Waals surface area contributed by atoms with Crippen molar-refractivity contribution in [3.8, 4) is 0 Å². The largest absolute Gasteiger partial charge is 0.298 e. The van der Waals surface area contributed by atoms with E-state index in [4.69, 9.17) is 23.2 Å². The Labute approximate surface area is 162 Å². The molecule has 132 valence electrons. The first-order chi connectivity index (χ1) is 12.4. The van der Waals surface area contributed by atoms with Crippen molar-refractivity contribution in [1.29, 1.82) is 0 Å². The summed E-state index contributed by atoms with van der Waals surface area (Å²) in [6.07, 6.45) is 2.27. The Kier molecular flexibility index (Phi) is 5.51. The maximum Gasteiger partial charge on any atom is 0.270 e. The Morgan fingerprint density at radius 1 is 1.19 bits per heavy atom. The average Bonchev–Trinajstić information content (AvgIpc) is 3.03. The Bertz CT molecular complexity index is 991. The van der Waals surface area contributed by atoms with Crippen molar-refractivity contribution in [2.24, 2.45) is 0 Å². The van der Waals surface area contributed by atoms with Crippen LogP contribution in [-0.4, -0.2) is 15.8 Å². The summed E-state index contributed by atoms with van der Waals surface area (Å²) >= 11 is 13.4. The van der Waals surface area contributed by atoms with E-state index in [-0.39, 0.29) is 16.3 Å². The Hall–Kier alpha value is -2.48. The van der Waals surface area contributed by atoms with Crippen LogP contribution >= 0.6 is 34.5 Å². The quantitative estimate of drug-likeness (QED) is 0.464. The van der Waals surface area contributed by atoms with Crippen LogP contribution in [0.2, 0.25) is 10.0 Å². The number of nitro benzene ring substituents is 1. The molecule has 0 atom stereocenters. The molecule has 2 aromatic carbocycles. The predicted octanol–water partition coefficient (Wildman–Crippen LogP) is 5.20. The molecule has 0 fully saturated rings. The van der Waals surface area contributed by atoms with Crippen LogP contribution in [0.3, 0.4) is 0 Å². The van der Waals surface area contributed by atoms with Crippen molar-refractivity contribution in [2.45, 2.75) is 6.42 Å². The third-order valence-electron chi connectivity index (χ3n) is 3.50. The number of thiazole rings is 1. The van der Waals surface area contributed by atoms with Crippen molar-refractivity contribution in [3.63, 3.8) is 0 Å². The van der Waals surface area contributed by atoms with E-state index >= 15 is 0 Å². The van der Waals surface area contributed by atoms with Gasteiger partial charge in [0.05, 0.1) is 15.5 Å². The molecule has 0 aliphatic rings. The van der Waals surface area contributed by atoms with Crippen molar-refractivity contribution < 1.29 is 9.72 Å². The Balaban J connectivity index is 1.72. The van der Waals surface area contributed by atoms with Gasteiger partial charge in [0, 0.05) is 34.7 Å². The van der Waals surface area contributed by atoms with E-state index in [2.05, 4.69) is 10.3 Å². The zero-order chi connectivity index (χ0) is 18.7. The maximum atomic E-state index is 12.3. The van der Waals surface area contributed by atoms with Gasteiger partial charge in [-0.05, 0) is 17.7 Å². The first-order valence-corrected chi connectivity index (χ1v) is 8.94. The molecule has 9 heteroatoms. The average molecular weight is 408 g/mol. The van der Waals surface area contributed by atoms with Gasteiger partial charge in [-0.3, -0.25) is 20.2 Å². The lowest BCUT2D eigenvalue weighted by Gasteiger charge is -2.04. The van der Waals surface area contributed by atoms with Gasteiger partial charge in [0.1, 0.15) is 0 Å². The summed E-state index contributed by atoms with van der Waals surface area (Å²) in [5.74, 6) is -0.483. The molecule has 1 amide bonds. The standard InChI is InChI=1S/C17H11Cl2N3O3S/c18-14-4-2-1-3-10(14)7-12-9-20-17(26-12)21-16(23)13-6-5-11(22(24)25)8-15(13)19/h1-6,8-9H,7H2,(H,20,21,23). The number of carbonyl (C=O) groups is 1. The van der Waals surface area contributed by atoms with E-state index in [1.165, 1.54) is 23.5 Å². The van der Waals surface area contributed by atoms with Crippen LogP contribution in [-0.2, 0) is 6.42 Å². The number of carbonyl (C=O) groups excluding carboxylic acids is 1. The summed E-state index contributed by atoms with van der Waals surface area (Å²) in [6, 6.07) is 11.2. The minimum absolute atomic E-state index is 0.00421. The highest BCUT2D eigenvalue weighted by molar-refractivity contribution is 7.15. The van der Waals surface area contributed by atoms with Gasteiger partial charge in [-0.1, -0.05) is 41.4 Å². The highest BCUT2D eigenvalue weighted by atomic mass is 35.5. The fourth-order valence-electron chi connectivity index (χ4n) is 2.24. The third-order valence-corrected chi connectivity index (χ3v) is 5.10. The summed E-state index contributed by atoms with van der Waals surface area (Å²) in [5.41, 5.74) is 0.928. The van der Waals surface area contributed by atoms with Crippen LogP contribution in [0.25, 0.3) is 0 Å². The molecule has 1 N–H and O–H groups in total. The first-order valence-electron chi connectivity index (χ1n) is 7.37. The fraction of sp³-hybridized carbons (Fsp3) is 0.0588. The van der Waals surface area contributed by atoms with Gasteiger partial charge in [0.25, 0.3) is 11.6 Å². The number of non-ortho nitro benzene ring substituents is 1. The second-order valence-corrected chi connectivity index (χ2v) is 7.20. The van der Waals surface area contributed by atoms with Gasteiger partial charge in [-0.25, -0.2) is 4.98 Å². The van der Waals surface area contributed by atoms with E-state index in [9.17, 15) is 14.9 Å². The molecule has 0 radical (unpaired) electrons. The number of rotatable bonds is 5. The van der Waals surface area contributed by atoms with Crippen LogP contribution in [0.15, 0.2) is 48.7 Å². The molecular formula is C17H11Cl2N3O3S. The lowest BCUT2D eigenvalue weighted by molar-refractivity contribution is -0.384. The third kappa shape index (κ3) is 4.19. The lowest BCUT2D eigenvalue weighted by atomic mass is 10.1. The number of hydrogen-bond donors (Lipinski definition) is 1. The van der Waals surface area contributed by atoms with Gasteiger partial charge >= 0.3 is 0 Å². The van der Waals surface area contributed by atoms with E-state index in [0.717, 1.165) is 16.5 Å². The van der Waals surface area contributed by atoms with E-state index in [1.807, 2.05) is 24.3 Å². The van der Waals surface area contributed by atoms with E-state index in [1.54, 1.807) is 6.20 Å². The number of hydrogen-bond acceptors (Lipinski definition) is 5. The topological polar surface area (TPSA) is 85.1 Å². The lowest BCUT2D eigenvalue weighted by Crippen LogP contribution is -2.12. The number of benzene rings is 2. The molecule has 0 aliphatic carbocycles. The maximum absolute atomic E-state index is 12.3. The molecular weight excluding hydrogens is 397 g/mol. The van der Waals surface area contributed by atoms with Crippen molar-refractivity contribution in [2.75, 3.05) is 5.32 Å². The minimum Gasteiger partial charge on any atom is -0.298 e. The number of amides is 1. The molecule has 26 heavy (non-hydrogen) atoms. The van der Waals surface area contributed by atoms with Crippen LogP contribution in [0.5, 0.6) is 0 Å². The van der Waals surface area contributed by atoms with E-state index < -0.39 is 10.8 Å². The van der Waals surface area contributed by atoms with Gasteiger partial charge in [-0.2, -0.15) is 0 Å². The number of halogens is 2. The second-order valence-electron chi connectivity index (χ2n) is 5.28. The second kappa shape index (κ2) is 7.82. The summed E-state index contributed by atoms with van der Waals surface area (Å²) < 4.78 is 0. The van der Waals surface area contributed by atoms with Gasteiger partial charge in [-0.15, -0.1) is 11.3 Å². The Morgan fingerprint density at radius 3 is 2.65 bits per heavy atom. The molecule has 0 saturated heterocycles. The highest BCUT2D eigenvalue weighted by Crippen LogP contribution is 2.27. The number of nitrogens with one attached hydrogen (secondary N) is 1. The summed E-state index contributed by atoms with van der Waals surface area (Å²) in [5, 5.41) is 14.5. The SMILES string of the molecule is O=C(Nc1ncc(Cc2ccccc2Cl)s1)c1ccc([N+](=O)[O-])cc1Cl. The summed E-state index contributed by atoms with van der Waals surface area (Å²) in [6.45, 7) is 0. The molecule has 0 unspecified atom stereocenters. The Morgan fingerprint density at radius 2 is 1.96 bits per heavy atom. The molecule has 6 nitrogen and oxygen atoms in total. The van der Waals surface area contributed by atoms with E-state index in [0.29, 0.717) is 16.6 Å². The zero-order valence-corrected chi connectivity index (χ0v) is 15.4. The molecule has 0 aliphatic heterocycles. The summed E-state index contributed by atoms with van der Waals surface area (Å²) in [4.78, 5) is 27.6. The molecule has 0 bridgehead atoms. The number of aromatic nitrogens is 1. The van der Waals surface area contributed by atoms with Crippen LogP contribution in [0.4, 0.5) is 10.8 Å². The smallest absolute Gasteiger partial charge is 0.270 e. The van der Waals surface area contributed by atoms with Gasteiger partial charge in [0.15, 0.2) is 5.13 Å². The minimum atomic E-state index is -0.574. The number of nitro groups is 1. The monoisotopic (exact) mass is 407 g/mol. The first kappa shape index (κ1) is 18.3.